The van der Waals surface area contributed by atoms with Gasteiger partial charge in [0.05, 0.1) is 12.2 Å². The Morgan fingerprint density at radius 3 is 2.67 bits per heavy atom. The molecule has 0 aliphatic heterocycles. The van der Waals surface area contributed by atoms with Crippen LogP contribution < -0.4 is 4.74 Å². The molecule has 1 aromatic rings. The molecule has 4 heteroatoms. The SMILES string of the molecule is CCOc1cc(Cl)cc(C(C)=O)c1C=O. The lowest BCUT2D eigenvalue weighted by molar-refractivity contribution is 0.100. The Morgan fingerprint density at radius 2 is 2.20 bits per heavy atom. The first-order valence-corrected chi connectivity index (χ1v) is 4.90. The summed E-state index contributed by atoms with van der Waals surface area (Å²) in [7, 11) is 0. The molecule has 0 unspecified atom stereocenters. The lowest BCUT2D eigenvalue weighted by atomic mass is 10.0. The maximum absolute atomic E-state index is 11.3. The molecule has 0 radical (unpaired) electrons. The third-order valence-electron chi connectivity index (χ3n) is 1.90. The number of hydrogen-bond acceptors (Lipinski definition) is 3. The minimum absolute atomic E-state index is 0.208. The molecule has 0 aliphatic carbocycles. The van der Waals surface area contributed by atoms with E-state index in [0.29, 0.717) is 29.2 Å². The average molecular weight is 227 g/mol. The van der Waals surface area contributed by atoms with Crippen LogP contribution in [0.25, 0.3) is 0 Å². The second kappa shape index (κ2) is 4.94. The number of hydrogen-bond donors (Lipinski definition) is 0. The van der Waals surface area contributed by atoms with Crippen molar-refractivity contribution in [1.29, 1.82) is 0 Å². The summed E-state index contributed by atoms with van der Waals surface area (Å²) in [5.41, 5.74) is 0.551. The zero-order valence-electron chi connectivity index (χ0n) is 8.54. The number of halogens is 1. The van der Waals surface area contributed by atoms with Crippen LogP contribution in [0.4, 0.5) is 0 Å². The Kier molecular flexibility index (Phi) is 3.86. The van der Waals surface area contributed by atoms with Crippen molar-refractivity contribution in [3.05, 3.63) is 28.3 Å². The van der Waals surface area contributed by atoms with Crippen LogP contribution in [0, 0.1) is 0 Å². The summed E-state index contributed by atoms with van der Waals surface area (Å²) in [6.45, 7) is 3.59. The van der Waals surface area contributed by atoms with Crippen molar-refractivity contribution in [3.8, 4) is 5.75 Å². The van der Waals surface area contributed by atoms with Crippen LogP contribution in [-0.2, 0) is 0 Å². The van der Waals surface area contributed by atoms with Gasteiger partial charge in [-0.25, -0.2) is 0 Å². The third kappa shape index (κ3) is 2.57. The van der Waals surface area contributed by atoms with Crippen LogP contribution in [0.3, 0.4) is 0 Å². The number of ketones is 1. The minimum Gasteiger partial charge on any atom is -0.493 e. The Hall–Kier alpha value is -1.35. The van der Waals surface area contributed by atoms with E-state index in [1.807, 2.05) is 0 Å². The zero-order valence-corrected chi connectivity index (χ0v) is 9.30. The van der Waals surface area contributed by atoms with E-state index in [2.05, 4.69) is 0 Å². The monoisotopic (exact) mass is 226 g/mol. The number of ether oxygens (including phenoxy) is 1. The van der Waals surface area contributed by atoms with Crippen molar-refractivity contribution < 1.29 is 14.3 Å². The minimum atomic E-state index is -0.208. The summed E-state index contributed by atoms with van der Waals surface area (Å²) < 4.78 is 5.23. The molecule has 0 N–H and O–H groups in total. The van der Waals surface area contributed by atoms with E-state index >= 15 is 0 Å². The summed E-state index contributed by atoms with van der Waals surface area (Å²) >= 11 is 5.81. The summed E-state index contributed by atoms with van der Waals surface area (Å²) in [5, 5.41) is 0.384. The first kappa shape index (κ1) is 11.7. The van der Waals surface area contributed by atoms with Crippen molar-refractivity contribution in [2.75, 3.05) is 6.61 Å². The smallest absolute Gasteiger partial charge is 0.160 e. The molecule has 0 bridgehead atoms. The fraction of sp³-hybridized carbons (Fsp3) is 0.273. The van der Waals surface area contributed by atoms with Gasteiger partial charge in [0.1, 0.15) is 5.75 Å². The van der Waals surface area contributed by atoms with Crippen molar-refractivity contribution in [3.63, 3.8) is 0 Å². The molecule has 0 fully saturated rings. The van der Waals surface area contributed by atoms with Crippen molar-refractivity contribution >= 4 is 23.7 Å². The number of carbonyl (C=O) groups is 2. The van der Waals surface area contributed by atoms with Gasteiger partial charge in [-0.3, -0.25) is 9.59 Å². The van der Waals surface area contributed by atoms with Crippen LogP contribution in [0.1, 0.15) is 34.6 Å². The Morgan fingerprint density at radius 1 is 1.53 bits per heavy atom. The quantitative estimate of drug-likeness (QED) is 0.586. The summed E-state index contributed by atoms with van der Waals surface area (Å²) in [5.74, 6) is 0.144. The molecule has 0 atom stereocenters. The standard InChI is InChI=1S/C11H11ClO3/c1-3-15-11-5-8(12)4-9(7(2)14)10(11)6-13/h4-6H,3H2,1-2H3. The topological polar surface area (TPSA) is 43.4 Å². The van der Waals surface area contributed by atoms with Gasteiger partial charge in [0, 0.05) is 10.6 Å². The van der Waals surface area contributed by atoms with Crippen LogP contribution >= 0.6 is 11.6 Å². The second-order valence-electron chi connectivity index (χ2n) is 2.97. The number of Topliss-reactive ketones (excluding diaryl/α,β-unsaturated/α-hetero) is 1. The zero-order chi connectivity index (χ0) is 11.4. The highest BCUT2D eigenvalue weighted by atomic mass is 35.5. The first-order chi connectivity index (χ1) is 7.10. The highest BCUT2D eigenvalue weighted by Crippen LogP contribution is 2.26. The molecule has 0 aromatic heterocycles. The molecule has 3 nitrogen and oxygen atoms in total. The van der Waals surface area contributed by atoms with Gasteiger partial charge in [-0.15, -0.1) is 0 Å². The molecule has 15 heavy (non-hydrogen) atoms. The van der Waals surface area contributed by atoms with Gasteiger partial charge in [-0.2, -0.15) is 0 Å². The highest BCUT2D eigenvalue weighted by molar-refractivity contribution is 6.31. The molecule has 80 valence electrons. The van der Waals surface area contributed by atoms with E-state index in [-0.39, 0.29) is 11.3 Å². The predicted molar refractivity (Wildman–Crippen MR) is 58.0 cm³/mol. The van der Waals surface area contributed by atoms with E-state index in [4.69, 9.17) is 16.3 Å². The molecule has 1 rings (SSSR count). The van der Waals surface area contributed by atoms with Crippen molar-refractivity contribution in [1.82, 2.24) is 0 Å². The van der Waals surface area contributed by atoms with Crippen LogP contribution in [-0.4, -0.2) is 18.7 Å². The van der Waals surface area contributed by atoms with Gasteiger partial charge >= 0.3 is 0 Å². The summed E-state index contributed by atoms with van der Waals surface area (Å²) in [6, 6.07) is 3.00. The van der Waals surface area contributed by atoms with E-state index in [1.165, 1.54) is 19.1 Å². The largest absolute Gasteiger partial charge is 0.493 e. The normalized spacial score (nSPS) is 9.80. The molecule has 0 aliphatic rings. The van der Waals surface area contributed by atoms with Gasteiger partial charge in [-0.05, 0) is 26.0 Å². The van der Waals surface area contributed by atoms with Gasteiger partial charge in [0.15, 0.2) is 12.1 Å². The van der Waals surface area contributed by atoms with Gasteiger partial charge in [0.2, 0.25) is 0 Å². The number of aldehydes is 1. The van der Waals surface area contributed by atoms with Gasteiger partial charge < -0.3 is 4.74 Å². The predicted octanol–water partition coefficient (Wildman–Crippen LogP) is 2.75. The third-order valence-corrected chi connectivity index (χ3v) is 2.12. The Labute approximate surface area is 93.0 Å². The van der Waals surface area contributed by atoms with Gasteiger partial charge in [-0.1, -0.05) is 11.6 Å². The van der Waals surface area contributed by atoms with Gasteiger partial charge in [0.25, 0.3) is 0 Å². The van der Waals surface area contributed by atoms with Crippen molar-refractivity contribution in [2.45, 2.75) is 13.8 Å². The van der Waals surface area contributed by atoms with E-state index in [1.54, 1.807) is 6.92 Å². The molecular formula is C11H11ClO3. The Bertz CT molecular complexity index is 399. The molecule has 0 heterocycles. The molecular weight excluding hydrogens is 216 g/mol. The fourth-order valence-electron chi connectivity index (χ4n) is 1.28. The molecule has 0 saturated heterocycles. The van der Waals surface area contributed by atoms with E-state index in [0.717, 1.165) is 0 Å². The van der Waals surface area contributed by atoms with Crippen LogP contribution in [0.2, 0.25) is 5.02 Å². The molecule has 0 saturated carbocycles. The lowest BCUT2D eigenvalue weighted by Gasteiger charge is -2.09. The number of benzene rings is 1. The maximum Gasteiger partial charge on any atom is 0.160 e. The van der Waals surface area contributed by atoms with Crippen LogP contribution in [0.15, 0.2) is 12.1 Å². The second-order valence-corrected chi connectivity index (χ2v) is 3.41. The highest BCUT2D eigenvalue weighted by Gasteiger charge is 2.13. The molecule has 0 spiro atoms. The number of carbonyl (C=O) groups excluding carboxylic acids is 2. The van der Waals surface area contributed by atoms with E-state index < -0.39 is 0 Å². The van der Waals surface area contributed by atoms with Crippen LogP contribution in [0.5, 0.6) is 5.75 Å². The average Bonchev–Trinajstić information content (AvgIpc) is 2.17. The summed E-state index contributed by atoms with van der Waals surface area (Å²) in [4.78, 5) is 22.1. The Balaban J connectivity index is 3.37. The number of rotatable bonds is 4. The lowest BCUT2D eigenvalue weighted by Crippen LogP contribution is -2.03. The van der Waals surface area contributed by atoms with Crippen molar-refractivity contribution in [2.24, 2.45) is 0 Å². The maximum atomic E-state index is 11.3. The van der Waals surface area contributed by atoms with E-state index in [9.17, 15) is 9.59 Å². The first-order valence-electron chi connectivity index (χ1n) is 4.52. The molecule has 0 amide bonds. The molecule has 1 aromatic carbocycles. The fourth-order valence-corrected chi connectivity index (χ4v) is 1.49. The summed E-state index contributed by atoms with van der Waals surface area (Å²) in [6.07, 6.45) is 0.609.